The Bertz CT molecular complexity index is 900. The molecule has 1 spiro atoms. The number of aryl methyl sites for hydroxylation is 2. The highest BCUT2D eigenvalue weighted by Crippen LogP contribution is 2.41. The van der Waals surface area contributed by atoms with Crippen molar-refractivity contribution in [1.82, 2.24) is 9.80 Å². The van der Waals surface area contributed by atoms with Gasteiger partial charge in [-0.2, -0.15) is 0 Å². The molecular weight excluding hydrogens is 340 g/mol. The number of nitrogens with zero attached hydrogens (tertiary/aromatic N) is 2. The molecule has 0 aliphatic carbocycles. The maximum Gasteiger partial charge on any atom is 0.230 e. The summed E-state index contributed by atoms with van der Waals surface area (Å²) in [5.74, 6) is 0.344. The van der Waals surface area contributed by atoms with Crippen LogP contribution in [-0.2, 0) is 16.0 Å². The Kier molecular flexibility index (Phi) is 4.49. The molecule has 5 heteroatoms. The van der Waals surface area contributed by atoms with Crippen LogP contribution in [0.1, 0.15) is 42.9 Å². The van der Waals surface area contributed by atoms with Gasteiger partial charge in [-0.15, -0.1) is 0 Å². The van der Waals surface area contributed by atoms with Crippen molar-refractivity contribution in [2.75, 3.05) is 26.2 Å². The first kappa shape index (κ1) is 18.1. The molecule has 0 radical (unpaired) electrons. The lowest BCUT2D eigenvalue weighted by Gasteiger charge is -2.23. The van der Waals surface area contributed by atoms with Gasteiger partial charge in [0.05, 0.1) is 18.1 Å². The number of amides is 2. The first-order chi connectivity index (χ1) is 12.9. The Morgan fingerprint density at radius 1 is 1.22 bits per heavy atom. The molecule has 1 unspecified atom stereocenters. The van der Waals surface area contributed by atoms with Crippen molar-refractivity contribution in [2.45, 2.75) is 46.5 Å². The first-order valence-electron chi connectivity index (χ1n) is 9.98. The molecule has 1 aromatic carbocycles. The molecule has 2 amide bonds. The molecule has 27 heavy (non-hydrogen) atoms. The standard InChI is InChI=1S/C22H28N2O3/c1-4-7-23-8-5-22(21(23)26)6-9-24(14-22)19(25)12-17-13-27-18-11-15(2)10-16(3)20(17)18/h10-11,13H,4-9,12,14H2,1-3H3. The third-order valence-corrected chi connectivity index (χ3v) is 6.24. The lowest BCUT2D eigenvalue weighted by atomic mass is 9.85. The second kappa shape index (κ2) is 6.70. The molecule has 0 N–H and O–H groups in total. The molecule has 5 nitrogen and oxygen atoms in total. The van der Waals surface area contributed by atoms with Gasteiger partial charge in [-0.05, 0) is 50.3 Å². The molecule has 2 aromatic rings. The molecule has 0 bridgehead atoms. The maximum absolute atomic E-state index is 12.9. The summed E-state index contributed by atoms with van der Waals surface area (Å²) in [5, 5.41) is 1.05. The predicted molar refractivity (Wildman–Crippen MR) is 105 cm³/mol. The fourth-order valence-electron chi connectivity index (χ4n) is 4.87. The molecule has 3 heterocycles. The van der Waals surface area contributed by atoms with Gasteiger partial charge in [-0.25, -0.2) is 0 Å². The minimum atomic E-state index is -0.337. The van der Waals surface area contributed by atoms with E-state index in [0.29, 0.717) is 19.5 Å². The van der Waals surface area contributed by atoms with E-state index in [9.17, 15) is 9.59 Å². The van der Waals surface area contributed by atoms with Gasteiger partial charge in [-0.1, -0.05) is 13.0 Å². The van der Waals surface area contributed by atoms with Crippen LogP contribution < -0.4 is 0 Å². The van der Waals surface area contributed by atoms with Gasteiger partial charge in [0.1, 0.15) is 5.58 Å². The van der Waals surface area contributed by atoms with Gasteiger partial charge in [0.25, 0.3) is 0 Å². The zero-order valence-electron chi connectivity index (χ0n) is 16.5. The van der Waals surface area contributed by atoms with E-state index < -0.39 is 0 Å². The normalized spacial score (nSPS) is 22.6. The number of likely N-dealkylation sites (tertiary alicyclic amines) is 2. The smallest absolute Gasteiger partial charge is 0.230 e. The third-order valence-electron chi connectivity index (χ3n) is 6.24. The Morgan fingerprint density at radius 2 is 2.00 bits per heavy atom. The molecule has 2 saturated heterocycles. The summed E-state index contributed by atoms with van der Waals surface area (Å²) < 4.78 is 5.69. The Balaban J connectivity index is 1.48. The molecule has 1 atom stereocenters. The van der Waals surface area contributed by atoms with Gasteiger partial charge in [-0.3, -0.25) is 9.59 Å². The fraction of sp³-hybridized carbons (Fsp3) is 0.545. The van der Waals surface area contributed by atoms with Crippen LogP contribution >= 0.6 is 0 Å². The summed E-state index contributed by atoms with van der Waals surface area (Å²) in [6.07, 6.45) is 4.70. The third kappa shape index (κ3) is 3.03. The Labute approximate surface area is 160 Å². The summed E-state index contributed by atoms with van der Waals surface area (Å²) in [7, 11) is 0. The monoisotopic (exact) mass is 368 g/mol. The van der Waals surface area contributed by atoms with Crippen molar-refractivity contribution in [3.63, 3.8) is 0 Å². The number of carbonyl (C=O) groups is 2. The van der Waals surface area contributed by atoms with Crippen molar-refractivity contribution in [3.05, 3.63) is 35.1 Å². The van der Waals surface area contributed by atoms with E-state index in [2.05, 4.69) is 19.9 Å². The van der Waals surface area contributed by atoms with E-state index in [1.807, 2.05) is 22.8 Å². The predicted octanol–water partition coefficient (Wildman–Crippen LogP) is 3.45. The number of hydrogen-bond donors (Lipinski definition) is 0. The number of carbonyl (C=O) groups excluding carboxylic acids is 2. The SMILES string of the molecule is CCCN1CCC2(CCN(C(=O)Cc3coc4cc(C)cc(C)c34)C2)C1=O. The van der Waals surface area contributed by atoms with Crippen LogP contribution in [0.4, 0.5) is 0 Å². The van der Waals surface area contributed by atoms with Crippen LogP contribution in [0, 0.1) is 19.3 Å². The van der Waals surface area contributed by atoms with Crippen molar-refractivity contribution in [2.24, 2.45) is 5.41 Å². The Hall–Kier alpha value is -2.30. The summed E-state index contributed by atoms with van der Waals surface area (Å²) in [4.78, 5) is 29.6. The average molecular weight is 368 g/mol. The van der Waals surface area contributed by atoms with E-state index in [0.717, 1.165) is 60.0 Å². The molecule has 0 saturated carbocycles. The summed E-state index contributed by atoms with van der Waals surface area (Å²) in [5.41, 5.74) is 3.75. The second-order valence-electron chi connectivity index (χ2n) is 8.28. The van der Waals surface area contributed by atoms with E-state index in [4.69, 9.17) is 4.42 Å². The first-order valence-corrected chi connectivity index (χ1v) is 9.98. The highest BCUT2D eigenvalue weighted by atomic mass is 16.3. The zero-order chi connectivity index (χ0) is 19.2. The number of fused-ring (bicyclic) bond motifs is 1. The number of benzene rings is 1. The minimum Gasteiger partial charge on any atom is -0.464 e. The van der Waals surface area contributed by atoms with Crippen molar-refractivity contribution >= 4 is 22.8 Å². The lowest BCUT2D eigenvalue weighted by Crippen LogP contribution is -2.38. The fourth-order valence-corrected chi connectivity index (χ4v) is 4.87. The molecule has 2 aliphatic rings. The topological polar surface area (TPSA) is 53.8 Å². The van der Waals surface area contributed by atoms with Gasteiger partial charge in [0, 0.05) is 37.1 Å². The summed E-state index contributed by atoms with van der Waals surface area (Å²) in [6.45, 7) is 9.11. The maximum atomic E-state index is 12.9. The number of furan rings is 1. The highest BCUT2D eigenvalue weighted by Gasteiger charge is 2.51. The van der Waals surface area contributed by atoms with E-state index in [1.54, 1.807) is 6.26 Å². The average Bonchev–Trinajstić information content (AvgIpc) is 3.30. The van der Waals surface area contributed by atoms with Crippen molar-refractivity contribution < 1.29 is 14.0 Å². The van der Waals surface area contributed by atoms with Crippen molar-refractivity contribution in [1.29, 1.82) is 0 Å². The second-order valence-corrected chi connectivity index (χ2v) is 8.28. The van der Waals surface area contributed by atoms with Gasteiger partial charge in [0.2, 0.25) is 11.8 Å². The molecule has 144 valence electrons. The summed E-state index contributed by atoms with van der Waals surface area (Å²) in [6, 6.07) is 4.14. The van der Waals surface area contributed by atoms with Crippen molar-refractivity contribution in [3.8, 4) is 0 Å². The van der Waals surface area contributed by atoms with Gasteiger partial charge < -0.3 is 14.2 Å². The quantitative estimate of drug-likeness (QED) is 0.830. The minimum absolute atomic E-state index is 0.0938. The van der Waals surface area contributed by atoms with Crippen LogP contribution in [0.5, 0.6) is 0 Å². The molecule has 2 aliphatic heterocycles. The van der Waals surface area contributed by atoms with E-state index in [-0.39, 0.29) is 17.2 Å². The van der Waals surface area contributed by atoms with Crippen LogP contribution in [0.25, 0.3) is 11.0 Å². The number of rotatable bonds is 4. The zero-order valence-corrected chi connectivity index (χ0v) is 16.5. The molecular formula is C22H28N2O3. The van der Waals surface area contributed by atoms with Crippen LogP contribution in [0.15, 0.2) is 22.8 Å². The lowest BCUT2D eigenvalue weighted by molar-refractivity contribution is -0.136. The van der Waals surface area contributed by atoms with Gasteiger partial charge >= 0.3 is 0 Å². The van der Waals surface area contributed by atoms with Crippen LogP contribution in [0.2, 0.25) is 0 Å². The van der Waals surface area contributed by atoms with E-state index >= 15 is 0 Å². The van der Waals surface area contributed by atoms with Gasteiger partial charge in [0.15, 0.2) is 0 Å². The molecule has 4 rings (SSSR count). The molecule has 1 aromatic heterocycles. The summed E-state index contributed by atoms with van der Waals surface area (Å²) >= 11 is 0. The highest BCUT2D eigenvalue weighted by molar-refractivity contribution is 5.91. The van der Waals surface area contributed by atoms with Crippen LogP contribution in [-0.4, -0.2) is 47.8 Å². The largest absolute Gasteiger partial charge is 0.464 e. The van der Waals surface area contributed by atoms with Crippen LogP contribution in [0.3, 0.4) is 0 Å². The Morgan fingerprint density at radius 3 is 2.78 bits per heavy atom. The molecule has 2 fully saturated rings. The number of hydrogen-bond acceptors (Lipinski definition) is 3. The van der Waals surface area contributed by atoms with E-state index in [1.165, 1.54) is 0 Å².